The number of amides is 16. The van der Waals surface area contributed by atoms with Crippen molar-refractivity contribution in [3.05, 3.63) is 102 Å². The number of hydrogen-bond donors (Lipinski definition) is 21. The van der Waals surface area contributed by atoms with Gasteiger partial charge in [-0.05, 0) is 119 Å². The van der Waals surface area contributed by atoms with Crippen LogP contribution < -0.4 is 81.4 Å². The molecule has 5 aromatic rings. The van der Waals surface area contributed by atoms with E-state index >= 15 is 19.2 Å². The van der Waals surface area contributed by atoms with Gasteiger partial charge in [0.25, 0.3) is 0 Å². The number of rotatable bonds is 23. The Morgan fingerprint density at radius 3 is 1.70 bits per heavy atom. The molecule has 1 unspecified atom stereocenters. The summed E-state index contributed by atoms with van der Waals surface area (Å²) in [6.07, 6.45) is 2.97. The van der Waals surface area contributed by atoms with Crippen molar-refractivity contribution in [1.29, 1.82) is 5.41 Å². The van der Waals surface area contributed by atoms with E-state index in [1.54, 1.807) is 60.9 Å². The number of H-pyrrole nitrogens is 2. The van der Waals surface area contributed by atoms with Crippen molar-refractivity contribution in [3.8, 4) is 5.75 Å². The molecule has 3 aliphatic heterocycles. The van der Waals surface area contributed by atoms with Crippen LogP contribution in [0.4, 0.5) is 0 Å². The van der Waals surface area contributed by atoms with Gasteiger partial charge in [0.1, 0.15) is 84.3 Å². The van der Waals surface area contributed by atoms with Crippen molar-refractivity contribution in [2.75, 3.05) is 85.1 Å². The summed E-state index contributed by atoms with van der Waals surface area (Å²) in [5.74, 6) is -15.7. The van der Waals surface area contributed by atoms with E-state index < -0.39 is 223 Å². The van der Waals surface area contributed by atoms with Crippen LogP contribution in [0.25, 0.3) is 21.8 Å². The molecule has 16 amide bonds. The van der Waals surface area contributed by atoms with Crippen LogP contribution in [-0.2, 0) is 96.0 Å². The lowest BCUT2D eigenvalue weighted by Gasteiger charge is -2.34. The molecule has 692 valence electrons. The molecule has 0 bridgehead atoms. The van der Waals surface area contributed by atoms with Crippen LogP contribution >= 0.6 is 11.8 Å². The van der Waals surface area contributed by atoms with E-state index in [-0.39, 0.29) is 103 Å². The number of nitrogens with one attached hydrogen (secondary N) is 14. The SMILES string of the molecule is CCCC[C@H]1C(=O)N[C@@H](CC(N)=O)C(=O)N2CCC[C@H]2CN[C@@H](CO)C(=O)N[C@@H](CCO)C(=O)N2CCC[C@H]2C(=O)N[C@@H](Cc2c[nH]c3ccccc23)C(=O)N[C@@H](CCN)C(=O)N[C@@H](Cc2c[nH]c3ccccc23)C(=O)N(C)[C@@H](C)C(=O)N(C)[C@@H](C)C(=O)N[C@@H](CCCNC(=N)N)C(=O)NC(C(=O)NCC(N)=O)CSCC(=O)N[C@@H](Cc2ccc(O)cc2)C(=O)N1C. The summed E-state index contributed by atoms with van der Waals surface area (Å²) in [6, 6.07) is -0.103. The highest BCUT2D eigenvalue weighted by molar-refractivity contribution is 8.00. The number of hydrogen-bond acceptors (Lipinski definition) is 23. The third-order valence-corrected chi connectivity index (χ3v) is 24.0. The van der Waals surface area contributed by atoms with Gasteiger partial charge in [-0.15, -0.1) is 11.8 Å². The summed E-state index contributed by atoms with van der Waals surface area (Å²) in [5, 5.41) is 69.9. The van der Waals surface area contributed by atoms with Crippen molar-refractivity contribution in [1.82, 2.24) is 93.0 Å². The minimum Gasteiger partial charge on any atom is -0.508 e. The topological polar surface area (TPSA) is 642 Å². The fourth-order valence-corrected chi connectivity index (χ4v) is 16.4. The standard InChI is InChI=1S/C84H121N23O19S/c1-7-8-22-66-77(120)101-63(38-68(86)111)83(126)106-32-14-16-51(106)41-93-64(43-109)76(119)98-59(29-34-108)82(125)107-33-15-23-67(107)78(121)99-60(36-49-39-91-55-19-11-9-17-53(49)55)75(118)97-58(28-30-85)74(117)100-62(37-50-40-92-56-20-12-10-18-54(50)56)80(123)104(5)47(3)79(122)103(4)46(2)71(114)96-57(21-13-31-90-84(88)89)73(116)102-65(72(115)94-42-69(87)112)44-127-45-70(113)95-61(81(124)105(66)6)35-48-24-26-52(110)27-25-48/h9-12,17-20,24-27,39-40,46-47,51,57-67,91-93,108-110H,7-8,13-16,21-23,28-38,41-45,85H2,1-6H3,(H2,86,111)(H2,87,112)(H,94,115)(H,95,113)(H,96,114)(H,97,118)(H,98,119)(H,99,121)(H,100,117)(H,101,120)(H,102,116)(H4,88,89,90)/t46-,47-,51-,57-,58-,59-,60-,61-,62-,63-,64-,65?,66-,67-/m0/s1. The van der Waals surface area contributed by atoms with Gasteiger partial charge in [0.2, 0.25) is 94.5 Å². The number of para-hydroxylation sites is 2. The first-order valence-corrected chi connectivity index (χ1v) is 43.6. The number of carbonyl (C=O) groups excluding carboxylic acids is 16. The van der Waals surface area contributed by atoms with Crippen molar-refractivity contribution < 1.29 is 92.0 Å². The third-order valence-electron chi connectivity index (χ3n) is 22.9. The van der Waals surface area contributed by atoms with Crippen LogP contribution in [0.1, 0.15) is 115 Å². The van der Waals surface area contributed by atoms with Crippen molar-refractivity contribution >= 4 is 134 Å². The normalized spacial score (nSPS) is 25.0. The summed E-state index contributed by atoms with van der Waals surface area (Å²) in [5.41, 5.74) is 25.8. The number of thioether (sulfide) groups is 1. The maximum atomic E-state index is 15.3. The number of nitrogens with zero attached hydrogens (tertiary/aromatic N) is 5. The summed E-state index contributed by atoms with van der Waals surface area (Å²) in [6.45, 7) is 1.96. The summed E-state index contributed by atoms with van der Waals surface area (Å²) in [7, 11) is 3.86. The first-order chi connectivity index (χ1) is 60.6. The maximum Gasteiger partial charge on any atom is 0.245 e. The van der Waals surface area contributed by atoms with Gasteiger partial charge in [-0.25, -0.2) is 0 Å². The summed E-state index contributed by atoms with van der Waals surface area (Å²) < 4.78 is 0. The Labute approximate surface area is 738 Å². The minimum absolute atomic E-state index is 0.00308. The number of guanidine groups is 1. The van der Waals surface area contributed by atoms with E-state index in [1.807, 2.05) is 6.92 Å². The van der Waals surface area contributed by atoms with Crippen molar-refractivity contribution in [2.45, 2.75) is 202 Å². The molecule has 5 heterocycles. The van der Waals surface area contributed by atoms with E-state index in [0.717, 1.165) is 26.5 Å². The molecule has 42 nitrogen and oxygen atoms in total. The number of aromatic hydroxyl groups is 1. The van der Waals surface area contributed by atoms with Gasteiger partial charge in [-0.2, -0.15) is 0 Å². The number of aliphatic hydroxyl groups is 2. The molecule has 2 aromatic heterocycles. The number of carbonyl (C=O) groups is 16. The number of primary amides is 2. The van der Waals surface area contributed by atoms with E-state index in [9.17, 15) is 72.9 Å². The first kappa shape index (κ1) is 99.9. The van der Waals surface area contributed by atoms with Crippen LogP contribution in [0.5, 0.6) is 5.75 Å². The quantitative estimate of drug-likeness (QED) is 0.0166. The van der Waals surface area contributed by atoms with Gasteiger partial charge >= 0.3 is 0 Å². The van der Waals surface area contributed by atoms with Crippen LogP contribution in [0, 0.1) is 5.41 Å². The smallest absolute Gasteiger partial charge is 0.245 e. The van der Waals surface area contributed by atoms with E-state index in [0.29, 0.717) is 64.2 Å². The molecule has 0 saturated carbocycles. The molecule has 14 atom stereocenters. The molecular formula is C84H121N23O19S. The molecule has 0 spiro atoms. The van der Waals surface area contributed by atoms with Gasteiger partial charge in [0, 0.05) is 119 Å². The lowest BCUT2D eigenvalue weighted by Crippen LogP contribution is -2.61. The second-order valence-corrected chi connectivity index (χ2v) is 33.0. The Balaban J connectivity index is 1.15. The largest absolute Gasteiger partial charge is 0.508 e. The maximum absolute atomic E-state index is 15.3. The Morgan fingerprint density at radius 1 is 0.535 bits per heavy atom. The number of phenols is 1. The summed E-state index contributed by atoms with van der Waals surface area (Å²) >= 11 is 0.776. The van der Waals surface area contributed by atoms with Gasteiger partial charge in [-0.1, -0.05) is 68.3 Å². The lowest BCUT2D eigenvalue weighted by molar-refractivity contribution is -0.148. The summed E-state index contributed by atoms with van der Waals surface area (Å²) in [4.78, 5) is 244. The number of phenolic OH excluding ortho intramolecular Hbond substituents is 1. The molecule has 3 saturated heterocycles. The predicted molar refractivity (Wildman–Crippen MR) is 468 cm³/mol. The van der Waals surface area contributed by atoms with Crippen molar-refractivity contribution in [2.24, 2.45) is 22.9 Å². The Kier molecular flexibility index (Phi) is 38.0. The highest BCUT2D eigenvalue weighted by Crippen LogP contribution is 2.27. The number of fused-ring (bicyclic) bond motifs is 4. The molecular weight excluding hydrogens is 1670 g/mol. The number of nitrogens with two attached hydrogens (primary N) is 4. The van der Waals surface area contributed by atoms with E-state index in [4.69, 9.17) is 28.3 Å². The number of aromatic amines is 2. The van der Waals surface area contributed by atoms with Gasteiger partial charge < -0.3 is 131 Å². The average molecular weight is 1790 g/mol. The van der Waals surface area contributed by atoms with Crippen LogP contribution in [0.2, 0.25) is 0 Å². The fourth-order valence-electron chi connectivity index (χ4n) is 15.6. The third kappa shape index (κ3) is 28.0. The second kappa shape index (κ2) is 48.3. The van der Waals surface area contributed by atoms with Gasteiger partial charge in [-0.3, -0.25) is 82.1 Å². The van der Waals surface area contributed by atoms with Gasteiger partial charge in [0.05, 0.1) is 25.3 Å². The molecule has 3 fully saturated rings. The Morgan fingerprint density at radius 2 is 1.08 bits per heavy atom. The van der Waals surface area contributed by atoms with Crippen molar-refractivity contribution in [3.63, 3.8) is 0 Å². The van der Waals surface area contributed by atoms with Crippen LogP contribution in [0.3, 0.4) is 0 Å². The first-order valence-electron chi connectivity index (χ1n) is 42.4. The lowest BCUT2D eigenvalue weighted by atomic mass is 10.0. The van der Waals surface area contributed by atoms with Crippen LogP contribution in [0.15, 0.2) is 85.2 Å². The van der Waals surface area contributed by atoms with E-state index in [2.05, 4.69) is 68.5 Å². The molecule has 43 heteroatoms. The van der Waals surface area contributed by atoms with E-state index in [1.165, 1.54) is 69.1 Å². The monoisotopic (exact) mass is 1790 g/mol. The molecule has 3 aromatic carbocycles. The average Bonchev–Trinajstić information content (AvgIpc) is 1.79. The minimum atomic E-state index is -1.63. The van der Waals surface area contributed by atoms with Gasteiger partial charge in [0.15, 0.2) is 5.96 Å². The Hall–Kier alpha value is -12.5. The molecule has 127 heavy (non-hydrogen) atoms. The predicted octanol–water partition coefficient (Wildman–Crippen LogP) is -4.88. The number of unbranched alkanes of at least 4 members (excludes halogenated alkanes) is 1. The molecule has 25 N–H and O–H groups in total. The Bertz CT molecular complexity index is 4740. The number of aliphatic hydroxyl groups excluding tert-OH is 2. The highest BCUT2D eigenvalue weighted by Gasteiger charge is 2.44. The molecule has 0 aliphatic carbocycles. The number of likely N-dealkylation sites (N-methyl/N-ethyl adjacent to an activating group) is 3. The zero-order valence-electron chi connectivity index (χ0n) is 72.2. The number of aromatic nitrogens is 2. The molecule has 0 radical (unpaired) electrons. The van der Waals surface area contributed by atoms with Crippen LogP contribution in [-0.4, -0.2) is 320 Å². The molecule has 3 aliphatic rings. The second-order valence-electron chi connectivity index (χ2n) is 32.0. The zero-order valence-corrected chi connectivity index (χ0v) is 73.0. The number of benzene rings is 3. The molecule has 8 rings (SSSR count). The zero-order chi connectivity index (χ0) is 92.9. The highest BCUT2D eigenvalue weighted by atomic mass is 32.2. The fraction of sp³-hybridized carbons (Fsp3) is 0.536.